The number of hydrogen-bond acceptors (Lipinski definition) is 4. The molecule has 0 amide bonds. The van der Waals surface area contributed by atoms with E-state index in [2.05, 4.69) is 39.0 Å². The molecule has 0 aliphatic heterocycles. The molecule has 0 saturated heterocycles. The molecule has 26 heavy (non-hydrogen) atoms. The monoisotopic (exact) mass is 449 g/mol. The van der Waals surface area contributed by atoms with Gasteiger partial charge in [-0.15, -0.1) is 5.10 Å². The molecule has 0 N–H and O–H groups in total. The van der Waals surface area contributed by atoms with Crippen LogP contribution < -0.4 is 0 Å². The van der Waals surface area contributed by atoms with Gasteiger partial charge in [0, 0.05) is 9.13 Å². The summed E-state index contributed by atoms with van der Waals surface area (Å²) in [5.74, 6) is 0.631. The summed E-state index contributed by atoms with van der Waals surface area (Å²) in [7, 11) is 0. The van der Waals surface area contributed by atoms with Crippen LogP contribution in [0.1, 0.15) is 11.1 Å². The average molecular weight is 449 g/mol. The Morgan fingerprint density at radius 1 is 0.962 bits per heavy atom. The van der Waals surface area contributed by atoms with E-state index in [4.69, 9.17) is 4.99 Å². The van der Waals surface area contributed by atoms with Crippen LogP contribution in [0.15, 0.2) is 77.8 Å². The number of para-hydroxylation sites is 2. The molecule has 3 aromatic carbocycles. The van der Waals surface area contributed by atoms with Gasteiger partial charge in [-0.3, -0.25) is 0 Å². The zero-order valence-electron chi connectivity index (χ0n) is 13.5. The first-order valence-corrected chi connectivity index (χ1v) is 8.99. The largest absolute Gasteiger partial charge is 0.227 e. The van der Waals surface area contributed by atoms with Gasteiger partial charge in [-0.1, -0.05) is 47.7 Å². The topological polar surface area (TPSA) is 66.9 Å². The summed E-state index contributed by atoms with van der Waals surface area (Å²) in [6.45, 7) is 0. The van der Waals surface area contributed by atoms with Crippen molar-refractivity contribution in [2.45, 2.75) is 0 Å². The number of hydrogen-bond donors (Lipinski definition) is 0. The van der Waals surface area contributed by atoms with Gasteiger partial charge in [-0.05, 0) is 52.9 Å². The highest BCUT2D eigenvalue weighted by molar-refractivity contribution is 14.1. The number of halogens is 1. The number of nitriles is 1. The van der Waals surface area contributed by atoms with Gasteiger partial charge in [0.1, 0.15) is 11.6 Å². The van der Waals surface area contributed by atoms with Gasteiger partial charge in [0.25, 0.3) is 0 Å². The van der Waals surface area contributed by atoms with Crippen LogP contribution in [-0.2, 0) is 0 Å². The standard InChI is InChI=1S/C20H12IN5/c21-16-9-3-2-8-15(16)20(23-17-10-4-1-7-14(17)13-22)26-19-12-6-5-11-18(19)24-25-26/h1-12H/b23-20+. The Kier molecular flexibility index (Phi) is 4.46. The van der Waals surface area contributed by atoms with E-state index >= 15 is 0 Å². The van der Waals surface area contributed by atoms with Crippen LogP contribution in [0.2, 0.25) is 0 Å². The Hall–Kier alpha value is -3.05. The Bertz CT molecular complexity index is 1170. The third kappa shape index (κ3) is 2.97. The lowest BCUT2D eigenvalue weighted by molar-refractivity contribution is 0.861. The summed E-state index contributed by atoms with van der Waals surface area (Å²) in [5.41, 5.74) is 3.70. The van der Waals surface area contributed by atoms with Gasteiger partial charge in [0.15, 0.2) is 5.84 Å². The van der Waals surface area contributed by atoms with Crippen LogP contribution in [0.25, 0.3) is 11.0 Å². The smallest absolute Gasteiger partial charge is 0.164 e. The second kappa shape index (κ2) is 7.06. The molecule has 1 heterocycles. The van der Waals surface area contributed by atoms with Gasteiger partial charge in [-0.2, -0.15) is 9.94 Å². The average Bonchev–Trinajstić information content (AvgIpc) is 3.11. The molecule has 5 nitrogen and oxygen atoms in total. The zero-order chi connectivity index (χ0) is 17.9. The number of nitrogens with zero attached hydrogens (tertiary/aromatic N) is 5. The van der Waals surface area contributed by atoms with Crippen LogP contribution in [0.4, 0.5) is 5.69 Å². The van der Waals surface area contributed by atoms with Crippen LogP contribution in [-0.4, -0.2) is 20.8 Å². The molecule has 0 bridgehead atoms. The molecule has 0 fully saturated rings. The van der Waals surface area contributed by atoms with E-state index in [1.165, 1.54) is 0 Å². The molecule has 0 aliphatic carbocycles. The quantitative estimate of drug-likeness (QED) is 0.257. The van der Waals surface area contributed by atoms with Crippen LogP contribution in [0.3, 0.4) is 0 Å². The van der Waals surface area contributed by atoms with Crippen molar-refractivity contribution in [1.82, 2.24) is 15.0 Å². The summed E-state index contributed by atoms with van der Waals surface area (Å²) < 4.78 is 2.76. The fourth-order valence-electron chi connectivity index (χ4n) is 2.67. The highest BCUT2D eigenvalue weighted by Gasteiger charge is 2.15. The molecule has 124 valence electrons. The Labute approximate surface area is 163 Å². The number of aliphatic imine (C=N–C) groups is 1. The van der Waals surface area contributed by atoms with Gasteiger partial charge in [0.2, 0.25) is 0 Å². The highest BCUT2D eigenvalue weighted by Crippen LogP contribution is 2.23. The number of rotatable bonds is 2. The Balaban J connectivity index is 2.01. The maximum Gasteiger partial charge on any atom is 0.164 e. The number of fused-ring (bicyclic) bond motifs is 1. The lowest BCUT2D eigenvalue weighted by Gasteiger charge is -2.10. The van der Waals surface area contributed by atoms with Gasteiger partial charge < -0.3 is 0 Å². The molecule has 0 atom stereocenters. The first-order chi connectivity index (χ1) is 12.8. The van der Waals surface area contributed by atoms with Crippen molar-refractivity contribution in [1.29, 1.82) is 5.26 Å². The predicted molar refractivity (Wildman–Crippen MR) is 109 cm³/mol. The Morgan fingerprint density at radius 2 is 1.69 bits per heavy atom. The first kappa shape index (κ1) is 16.4. The van der Waals surface area contributed by atoms with E-state index in [1.807, 2.05) is 66.7 Å². The molecule has 6 heteroatoms. The molecule has 0 unspecified atom stereocenters. The number of benzene rings is 3. The van der Waals surface area contributed by atoms with Crippen molar-refractivity contribution in [2.24, 2.45) is 4.99 Å². The second-order valence-electron chi connectivity index (χ2n) is 5.53. The molecule has 0 radical (unpaired) electrons. The maximum atomic E-state index is 9.40. The fourth-order valence-corrected chi connectivity index (χ4v) is 3.30. The van der Waals surface area contributed by atoms with Crippen molar-refractivity contribution in [3.8, 4) is 6.07 Å². The minimum Gasteiger partial charge on any atom is -0.227 e. The molecule has 0 aliphatic rings. The van der Waals surface area contributed by atoms with E-state index in [-0.39, 0.29) is 0 Å². The minimum atomic E-state index is 0.514. The zero-order valence-corrected chi connectivity index (χ0v) is 15.7. The van der Waals surface area contributed by atoms with Gasteiger partial charge in [0.05, 0.1) is 16.8 Å². The highest BCUT2D eigenvalue weighted by atomic mass is 127. The molecule has 0 spiro atoms. The van der Waals surface area contributed by atoms with E-state index in [1.54, 1.807) is 10.7 Å². The van der Waals surface area contributed by atoms with E-state index in [0.717, 1.165) is 20.2 Å². The van der Waals surface area contributed by atoms with E-state index in [9.17, 15) is 5.26 Å². The van der Waals surface area contributed by atoms with E-state index < -0.39 is 0 Å². The fraction of sp³-hybridized carbons (Fsp3) is 0. The maximum absolute atomic E-state index is 9.40. The van der Waals surface area contributed by atoms with Crippen molar-refractivity contribution in [3.63, 3.8) is 0 Å². The van der Waals surface area contributed by atoms with Crippen LogP contribution in [0, 0.1) is 14.9 Å². The molecular formula is C20H12IN5. The lowest BCUT2D eigenvalue weighted by atomic mass is 10.1. The summed E-state index contributed by atoms with van der Waals surface area (Å²) >= 11 is 2.28. The molecule has 4 aromatic rings. The lowest BCUT2D eigenvalue weighted by Crippen LogP contribution is -2.16. The molecule has 4 rings (SSSR count). The summed E-state index contributed by atoms with van der Waals surface area (Å²) in [6.07, 6.45) is 0. The number of aromatic nitrogens is 3. The molecular weight excluding hydrogens is 437 g/mol. The predicted octanol–water partition coefficient (Wildman–Crippen LogP) is 4.53. The van der Waals surface area contributed by atoms with Crippen molar-refractivity contribution in [3.05, 3.63) is 87.5 Å². The second-order valence-corrected chi connectivity index (χ2v) is 6.70. The summed E-state index contributed by atoms with van der Waals surface area (Å²) in [6, 6.07) is 25.2. The SMILES string of the molecule is N#Cc1ccccc1/N=C(\c1ccccc1I)n1nnc2ccccc21. The third-order valence-electron chi connectivity index (χ3n) is 3.92. The van der Waals surface area contributed by atoms with Crippen molar-refractivity contribution >= 4 is 45.1 Å². The van der Waals surface area contributed by atoms with Crippen LogP contribution in [0.5, 0.6) is 0 Å². The summed E-state index contributed by atoms with van der Waals surface area (Å²) in [5, 5.41) is 18.0. The molecule has 1 aromatic heterocycles. The normalized spacial score (nSPS) is 11.5. The minimum absolute atomic E-state index is 0.514. The van der Waals surface area contributed by atoms with E-state index in [0.29, 0.717) is 17.1 Å². The van der Waals surface area contributed by atoms with Gasteiger partial charge >= 0.3 is 0 Å². The van der Waals surface area contributed by atoms with Crippen LogP contribution >= 0.6 is 22.6 Å². The van der Waals surface area contributed by atoms with Crippen molar-refractivity contribution in [2.75, 3.05) is 0 Å². The summed E-state index contributed by atoms with van der Waals surface area (Å²) in [4.78, 5) is 4.80. The van der Waals surface area contributed by atoms with Crippen molar-refractivity contribution < 1.29 is 0 Å². The van der Waals surface area contributed by atoms with Gasteiger partial charge in [-0.25, -0.2) is 4.99 Å². The Morgan fingerprint density at radius 3 is 2.54 bits per heavy atom. The first-order valence-electron chi connectivity index (χ1n) is 7.91. The molecule has 0 saturated carbocycles. The third-order valence-corrected chi connectivity index (χ3v) is 4.86.